The first-order valence-electron chi connectivity index (χ1n) is 2.28. The van der Waals surface area contributed by atoms with Gasteiger partial charge in [0.2, 0.25) is 0 Å². The zero-order chi connectivity index (χ0) is 5.70. The summed E-state index contributed by atoms with van der Waals surface area (Å²) >= 11 is 0. The van der Waals surface area contributed by atoms with Gasteiger partial charge in [-0.25, -0.2) is 0 Å². The predicted octanol–water partition coefficient (Wildman–Crippen LogP) is 2.29. The Morgan fingerprint density at radius 1 is 1.57 bits per heavy atom. The number of rotatable bonds is 1. The normalized spacial score (nSPS) is 6.57. The average Bonchev–Trinajstić information content (AvgIpc) is 1.61. The Labute approximate surface area is 44.9 Å². The second kappa shape index (κ2) is 3.45. The standard InChI is InChI=1S/C7H10/c1-4-5-6-7(2)3/h4-5H,1H2,2-3H3. The van der Waals surface area contributed by atoms with E-state index < -0.39 is 0 Å². The number of allylic oxidation sites excluding steroid dienone is 2. The van der Waals surface area contributed by atoms with E-state index in [2.05, 4.69) is 12.3 Å². The summed E-state index contributed by atoms with van der Waals surface area (Å²) in [5.41, 5.74) is 4.15. The topological polar surface area (TPSA) is 0 Å². The highest BCUT2D eigenvalue weighted by Gasteiger charge is 1.61. The molecule has 0 aromatic carbocycles. The van der Waals surface area contributed by atoms with Crippen LogP contribution in [-0.4, -0.2) is 0 Å². The fraction of sp³-hybridized carbons (Fsp3) is 0.286. The molecule has 0 aromatic heterocycles. The first-order valence-corrected chi connectivity index (χ1v) is 2.28. The third-order valence-electron chi connectivity index (χ3n) is 0.490. The van der Waals surface area contributed by atoms with Crippen molar-refractivity contribution in [1.82, 2.24) is 0 Å². The molecule has 7 heavy (non-hydrogen) atoms. The Balaban J connectivity index is 3.86. The molecule has 38 valence electrons. The molecule has 0 aliphatic carbocycles. The molecule has 0 atom stereocenters. The Kier molecular flexibility index (Phi) is 3.09. The molecule has 0 N–H and O–H groups in total. The summed E-state index contributed by atoms with van der Waals surface area (Å²) in [6.45, 7) is 7.50. The maximum absolute atomic E-state index is 3.50. The van der Waals surface area contributed by atoms with Crippen LogP contribution in [0.1, 0.15) is 13.8 Å². The van der Waals surface area contributed by atoms with Gasteiger partial charge in [0.15, 0.2) is 0 Å². The fourth-order valence-electron chi connectivity index (χ4n) is 0.226. The molecule has 0 heteroatoms. The molecule has 0 aromatic rings. The minimum atomic E-state index is 1.18. The minimum absolute atomic E-state index is 1.18. The van der Waals surface area contributed by atoms with Gasteiger partial charge in [-0.3, -0.25) is 0 Å². The van der Waals surface area contributed by atoms with Gasteiger partial charge < -0.3 is 0 Å². The quantitative estimate of drug-likeness (QED) is 0.345. The van der Waals surface area contributed by atoms with E-state index in [1.807, 2.05) is 13.8 Å². The first-order chi connectivity index (χ1) is 3.27. The van der Waals surface area contributed by atoms with E-state index in [0.717, 1.165) is 0 Å². The second-order valence-electron chi connectivity index (χ2n) is 1.55. The molecule has 0 aliphatic rings. The van der Waals surface area contributed by atoms with Crippen molar-refractivity contribution in [2.45, 2.75) is 13.8 Å². The molecule has 0 spiro atoms. The van der Waals surface area contributed by atoms with Gasteiger partial charge in [-0.2, -0.15) is 0 Å². The van der Waals surface area contributed by atoms with Crippen LogP contribution in [0.5, 0.6) is 0 Å². The smallest absolute Gasteiger partial charge is 0.0206 e. The number of hydrogen-bond donors (Lipinski definition) is 0. The largest absolute Gasteiger partial charge is 0.122 e. The lowest BCUT2D eigenvalue weighted by Crippen LogP contribution is -1.50. The maximum Gasteiger partial charge on any atom is -0.0206 e. The lowest BCUT2D eigenvalue weighted by atomic mass is 10.4. The van der Waals surface area contributed by atoms with E-state index in [4.69, 9.17) is 0 Å². The summed E-state index contributed by atoms with van der Waals surface area (Å²) in [7, 11) is 0. The molecule has 0 bridgehead atoms. The molecule has 0 nitrogen and oxygen atoms in total. The summed E-state index contributed by atoms with van der Waals surface area (Å²) in [4.78, 5) is 0. The fourth-order valence-corrected chi connectivity index (χ4v) is 0.226. The predicted molar refractivity (Wildman–Crippen MR) is 33.1 cm³/mol. The van der Waals surface area contributed by atoms with Crippen LogP contribution in [0.4, 0.5) is 0 Å². The van der Waals surface area contributed by atoms with Gasteiger partial charge in [-0.1, -0.05) is 12.7 Å². The van der Waals surface area contributed by atoms with E-state index in [1.54, 1.807) is 12.2 Å². The van der Waals surface area contributed by atoms with Crippen LogP contribution in [-0.2, 0) is 0 Å². The highest BCUT2D eigenvalue weighted by atomic mass is 13.7. The van der Waals surface area contributed by atoms with Gasteiger partial charge in [-0.15, -0.1) is 5.73 Å². The summed E-state index contributed by atoms with van der Waals surface area (Å²) in [5, 5.41) is 0. The monoisotopic (exact) mass is 94.1 g/mol. The van der Waals surface area contributed by atoms with Crippen LogP contribution in [0.25, 0.3) is 0 Å². The van der Waals surface area contributed by atoms with Crippen molar-refractivity contribution in [3.8, 4) is 0 Å². The van der Waals surface area contributed by atoms with Gasteiger partial charge in [0.25, 0.3) is 0 Å². The van der Waals surface area contributed by atoms with Crippen molar-refractivity contribution in [1.29, 1.82) is 0 Å². The van der Waals surface area contributed by atoms with Crippen LogP contribution in [0.2, 0.25) is 0 Å². The van der Waals surface area contributed by atoms with Gasteiger partial charge in [0.05, 0.1) is 0 Å². The van der Waals surface area contributed by atoms with Crippen molar-refractivity contribution in [2.75, 3.05) is 0 Å². The van der Waals surface area contributed by atoms with Crippen LogP contribution in [0, 0.1) is 0 Å². The second-order valence-corrected chi connectivity index (χ2v) is 1.55. The third-order valence-corrected chi connectivity index (χ3v) is 0.490. The van der Waals surface area contributed by atoms with Crippen LogP contribution in [0.15, 0.2) is 30.0 Å². The maximum atomic E-state index is 3.50. The molecule has 0 heterocycles. The van der Waals surface area contributed by atoms with Gasteiger partial charge in [0, 0.05) is 0 Å². The molecular formula is C7H10. The Morgan fingerprint density at radius 2 is 2.14 bits per heavy atom. The Hall–Kier alpha value is -0.740. The third kappa shape index (κ3) is 5.26. The molecule has 0 saturated heterocycles. The molecule has 0 rings (SSSR count). The van der Waals surface area contributed by atoms with E-state index in [0.29, 0.717) is 0 Å². The summed E-state index contributed by atoms with van der Waals surface area (Å²) in [5.74, 6) is 0. The summed E-state index contributed by atoms with van der Waals surface area (Å²) < 4.78 is 0. The van der Waals surface area contributed by atoms with Crippen molar-refractivity contribution in [2.24, 2.45) is 0 Å². The molecule has 0 aliphatic heterocycles. The zero-order valence-corrected chi connectivity index (χ0v) is 4.86. The zero-order valence-electron chi connectivity index (χ0n) is 4.86. The molecular weight excluding hydrogens is 84.1 g/mol. The molecule has 0 radical (unpaired) electrons. The van der Waals surface area contributed by atoms with Crippen molar-refractivity contribution in [3.05, 3.63) is 30.0 Å². The van der Waals surface area contributed by atoms with E-state index >= 15 is 0 Å². The lowest BCUT2D eigenvalue weighted by molar-refractivity contribution is 1.41. The van der Waals surface area contributed by atoms with E-state index in [9.17, 15) is 0 Å². The Bertz CT molecular complexity index is 108. The molecule has 0 saturated carbocycles. The summed E-state index contributed by atoms with van der Waals surface area (Å²) in [6, 6.07) is 0. The van der Waals surface area contributed by atoms with E-state index in [1.165, 1.54) is 5.57 Å². The van der Waals surface area contributed by atoms with Crippen molar-refractivity contribution in [3.63, 3.8) is 0 Å². The van der Waals surface area contributed by atoms with E-state index in [-0.39, 0.29) is 0 Å². The first kappa shape index (κ1) is 6.26. The summed E-state index contributed by atoms with van der Waals surface area (Å²) in [6.07, 6.45) is 3.52. The van der Waals surface area contributed by atoms with Crippen LogP contribution < -0.4 is 0 Å². The molecule has 0 amide bonds. The Morgan fingerprint density at radius 3 is 2.29 bits per heavy atom. The van der Waals surface area contributed by atoms with Gasteiger partial charge in [0.1, 0.15) is 0 Å². The SMILES string of the molecule is C=CC=C=C(C)C. The number of hydrogen-bond acceptors (Lipinski definition) is 0. The highest BCUT2D eigenvalue weighted by Crippen LogP contribution is 1.81. The van der Waals surface area contributed by atoms with Crippen molar-refractivity contribution >= 4 is 0 Å². The minimum Gasteiger partial charge on any atom is -0.122 e. The molecule has 0 unspecified atom stereocenters. The van der Waals surface area contributed by atoms with Crippen LogP contribution >= 0.6 is 0 Å². The van der Waals surface area contributed by atoms with Gasteiger partial charge >= 0.3 is 0 Å². The van der Waals surface area contributed by atoms with Crippen LogP contribution in [0.3, 0.4) is 0 Å². The van der Waals surface area contributed by atoms with Gasteiger partial charge in [-0.05, 0) is 25.5 Å². The highest BCUT2D eigenvalue weighted by molar-refractivity contribution is 5.01. The van der Waals surface area contributed by atoms with Crippen molar-refractivity contribution < 1.29 is 0 Å². The molecule has 0 fully saturated rings. The lowest BCUT2D eigenvalue weighted by Gasteiger charge is -1.71. The average molecular weight is 94.2 g/mol.